The van der Waals surface area contributed by atoms with Gasteiger partial charge in [0.05, 0.1) is 16.4 Å². The Hall–Kier alpha value is -3.53. The molecule has 4 rings (SSSR count). The third kappa shape index (κ3) is 5.11. The first-order valence-corrected chi connectivity index (χ1v) is 10.7. The molecule has 1 aliphatic rings. The third-order valence-electron chi connectivity index (χ3n) is 5.46. The van der Waals surface area contributed by atoms with Crippen LogP contribution >= 0.6 is 11.6 Å². The monoisotopic (exact) mass is 474 g/mol. The Balaban J connectivity index is 1.34. The number of carbonyl (C=O) groups is 2. The van der Waals surface area contributed by atoms with Gasteiger partial charge in [0.15, 0.2) is 5.69 Å². The SMILES string of the molecule is Cc1c(C(=O)N2CCC(NC(=O)Nc3ccc(F)cc3)CC2)nnn1-c1ccc(F)c(Cl)c1. The third-order valence-corrected chi connectivity index (χ3v) is 5.75. The van der Waals surface area contributed by atoms with Crippen LogP contribution in [0.3, 0.4) is 0 Å². The van der Waals surface area contributed by atoms with Crippen molar-refractivity contribution < 1.29 is 18.4 Å². The van der Waals surface area contributed by atoms with Crippen LogP contribution in [0.5, 0.6) is 0 Å². The molecule has 0 radical (unpaired) electrons. The molecule has 3 amide bonds. The standard InChI is InChI=1S/C22H21ClF2N6O2/c1-13-20(28-29-31(13)17-6-7-19(25)18(23)12-17)21(32)30-10-8-16(9-11-30)27-22(33)26-15-4-2-14(24)3-5-15/h2-7,12,16H,8-11H2,1H3,(H2,26,27,33). The predicted molar refractivity (Wildman–Crippen MR) is 119 cm³/mol. The average Bonchev–Trinajstić information content (AvgIpc) is 3.18. The zero-order chi connectivity index (χ0) is 23.5. The number of halogens is 3. The highest BCUT2D eigenvalue weighted by molar-refractivity contribution is 6.30. The number of urea groups is 1. The van der Waals surface area contributed by atoms with E-state index in [-0.39, 0.29) is 34.5 Å². The highest BCUT2D eigenvalue weighted by Gasteiger charge is 2.28. The van der Waals surface area contributed by atoms with Gasteiger partial charge in [-0.25, -0.2) is 18.3 Å². The van der Waals surface area contributed by atoms with E-state index < -0.39 is 5.82 Å². The fourth-order valence-corrected chi connectivity index (χ4v) is 3.83. The van der Waals surface area contributed by atoms with Crippen LogP contribution in [0.4, 0.5) is 19.3 Å². The highest BCUT2D eigenvalue weighted by atomic mass is 35.5. The maximum Gasteiger partial charge on any atom is 0.319 e. The van der Waals surface area contributed by atoms with Gasteiger partial charge in [-0.15, -0.1) is 5.10 Å². The lowest BCUT2D eigenvalue weighted by atomic mass is 10.0. The second-order valence-electron chi connectivity index (χ2n) is 7.71. The van der Waals surface area contributed by atoms with E-state index in [2.05, 4.69) is 20.9 Å². The van der Waals surface area contributed by atoms with E-state index in [0.717, 1.165) is 0 Å². The fourth-order valence-electron chi connectivity index (χ4n) is 3.65. The molecule has 1 fully saturated rings. The molecule has 8 nitrogen and oxygen atoms in total. The Kier molecular flexibility index (Phi) is 6.55. The quantitative estimate of drug-likeness (QED) is 0.599. The second kappa shape index (κ2) is 9.53. The minimum atomic E-state index is -0.544. The van der Waals surface area contributed by atoms with E-state index in [1.807, 2.05) is 0 Å². The molecule has 0 atom stereocenters. The van der Waals surface area contributed by atoms with E-state index in [1.54, 1.807) is 11.8 Å². The summed E-state index contributed by atoms with van der Waals surface area (Å²) in [5.74, 6) is -1.19. The number of nitrogens with one attached hydrogen (secondary N) is 2. The van der Waals surface area contributed by atoms with Gasteiger partial charge < -0.3 is 15.5 Å². The molecule has 3 aromatic rings. The lowest BCUT2D eigenvalue weighted by Gasteiger charge is -2.32. The number of benzene rings is 2. The van der Waals surface area contributed by atoms with E-state index >= 15 is 0 Å². The number of anilines is 1. The van der Waals surface area contributed by atoms with Gasteiger partial charge in [-0.2, -0.15) is 0 Å². The van der Waals surface area contributed by atoms with Crippen molar-refractivity contribution in [3.63, 3.8) is 0 Å². The molecule has 2 N–H and O–H groups in total. The summed E-state index contributed by atoms with van der Waals surface area (Å²) in [5, 5.41) is 13.5. The fraction of sp³-hybridized carbons (Fsp3) is 0.273. The van der Waals surface area contributed by atoms with Gasteiger partial charge in [-0.1, -0.05) is 16.8 Å². The smallest absolute Gasteiger partial charge is 0.319 e. The minimum Gasteiger partial charge on any atom is -0.337 e. The number of hydrogen-bond donors (Lipinski definition) is 2. The molecule has 1 aromatic heterocycles. The lowest BCUT2D eigenvalue weighted by molar-refractivity contribution is 0.0702. The number of carbonyl (C=O) groups excluding carboxylic acids is 2. The Morgan fingerprint density at radius 1 is 1.09 bits per heavy atom. The van der Waals surface area contributed by atoms with E-state index in [9.17, 15) is 18.4 Å². The van der Waals surface area contributed by atoms with Crippen LogP contribution in [-0.4, -0.2) is 51.0 Å². The van der Waals surface area contributed by atoms with Gasteiger partial charge in [0.25, 0.3) is 5.91 Å². The van der Waals surface area contributed by atoms with E-state index in [0.29, 0.717) is 43.0 Å². The van der Waals surface area contributed by atoms with Crippen LogP contribution in [0.1, 0.15) is 29.0 Å². The summed E-state index contributed by atoms with van der Waals surface area (Å²) in [5.41, 5.74) is 1.71. The van der Waals surface area contributed by atoms with Crippen LogP contribution in [-0.2, 0) is 0 Å². The summed E-state index contributed by atoms with van der Waals surface area (Å²) >= 11 is 5.85. The largest absolute Gasteiger partial charge is 0.337 e. The van der Waals surface area contributed by atoms with Crippen LogP contribution in [0, 0.1) is 18.6 Å². The molecular weight excluding hydrogens is 454 g/mol. The molecule has 2 aromatic carbocycles. The van der Waals surface area contributed by atoms with E-state index in [1.165, 1.54) is 47.1 Å². The first-order valence-electron chi connectivity index (χ1n) is 10.3. The van der Waals surface area contributed by atoms with Gasteiger partial charge in [-0.3, -0.25) is 4.79 Å². The number of nitrogens with zero attached hydrogens (tertiary/aromatic N) is 4. The van der Waals surface area contributed by atoms with Crippen molar-refractivity contribution in [2.24, 2.45) is 0 Å². The zero-order valence-corrected chi connectivity index (χ0v) is 18.4. The molecule has 0 aliphatic carbocycles. The molecule has 0 spiro atoms. The number of aromatic nitrogens is 3. The summed E-state index contributed by atoms with van der Waals surface area (Å²) in [7, 11) is 0. The Bertz CT molecular complexity index is 1180. The number of amides is 3. The first-order chi connectivity index (χ1) is 15.8. The molecule has 33 heavy (non-hydrogen) atoms. The molecule has 172 valence electrons. The van der Waals surface area contributed by atoms with Crippen LogP contribution in [0.2, 0.25) is 5.02 Å². The van der Waals surface area contributed by atoms with Gasteiger partial charge >= 0.3 is 6.03 Å². The maximum atomic E-state index is 13.4. The summed E-state index contributed by atoms with van der Waals surface area (Å²) < 4.78 is 27.9. The molecular formula is C22H21ClF2N6O2. The van der Waals surface area contributed by atoms with Crippen LogP contribution < -0.4 is 10.6 Å². The minimum absolute atomic E-state index is 0.0479. The van der Waals surface area contributed by atoms with Crippen molar-refractivity contribution in [2.45, 2.75) is 25.8 Å². The number of rotatable bonds is 4. The van der Waals surface area contributed by atoms with Crippen molar-refractivity contribution in [1.82, 2.24) is 25.2 Å². The molecule has 0 saturated carbocycles. The van der Waals surface area contributed by atoms with Gasteiger partial charge in [-0.05, 0) is 62.2 Å². The Labute approximate surface area is 193 Å². The Morgan fingerprint density at radius 3 is 2.45 bits per heavy atom. The zero-order valence-electron chi connectivity index (χ0n) is 17.7. The van der Waals surface area contributed by atoms with Gasteiger partial charge in [0, 0.05) is 24.8 Å². The highest BCUT2D eigenvalue weighted by Crippen LogP contribution is 2.21. The Morgan fingerprint density at radius 2 is 1.79 bits per heavy atom. The number of piperidine rings is 1. The average molecular weight is 475 g/mol. The summed E-state index contributed by atoms with van der Waals surface area (Å²) in [4.78, 5) is 26.8. The summed E-state index contributed by atoms with van der Waals surface area (Å²) in [6.45, 7) is 2.59. The lowest BCUT2D eigenvalue weighted by Crippen LogP contribution is -2.47. The number of likely N-dealkylation sites (tertiary alicyclic amines) is 1. The van der Waals surface area contributed by atoms with Gasteiger partial charge in [0.2, 0.25) is 0 Å². The number of hydrogen-bond acceptors (Lipinski definition) is 4. The second-order valence-corrected chi connectivity index (χ2v) is 8.11. The topological polar surface area (TPSA) is 92.2 Å². The molecule has 11 heteroatoms. The maximum absolute atomic E-state index is 13.4. The first kappa shape index (κ1) is 22.7. The van der Waals surface area contributed by atoms with Crippen molar-refractivity contribution in [3.8, 4) is 5.69 Å². The van der Waals surface area contributed by atoms with Crippen molar-refractivity contribution in [3.05, 3.63) is 70.5 Å². The van der Waals surface area contributed by atoms with Crippen LogP contribution in [0.25, 0.3) is 5.69 Å². The molecule has 0 unspecified atom stereocenters. The van der Waals surface area contributed by atoms with E-state index in [4.69, 9.17) is 11.6 Å². The summed E-state index contributed by atoms with van der Waals surface area (Å²) in [6, 6.07) is 9.15. The van der Waals surface area contributed by atoms with Gasteiger partial charge in [0.1, 0.15) is 11.6 Å². The molecule has 0 bridgehead atoms. The van der Waals surface area contributed by atoms with Crippen LogP contribution in [0.15, 0.2) is 42.5 Å². The molecule has 1 saturated heterocycles. The predicted octanol–water partition coefficient (Wildman–Crippen LogP) is 3.93. The van der Waals surface area contributed by atoms with Crippen molar-refractivity contribution >= 4 is 29.2 Å². The van der Waals surface area contributed by atoms with Crippen molar-refractivity contribution in [1.29, 1.82) is 0 Å². The van der Waals surface area contributed by atoms with Crippen molar-refractivity contribution in [2.75, 3.05) is 18.4 Å². The normalized spacial score (nSPS) is 14.2. The molecule has 2 heterocycles. The summed E-state index contributed by atoms with van der Waals surface area (Å²) in [6.07, 6.45) is 1.15. The molecule has 1 aliphatic heterocycles.